The van der Waals surface area contributed by atoms with E-state index in [9.17, 15) is 9.90 Å². The van der Waals surface area contributed by atoms with Gasteiger partial charge in [-0.15, -0.1) is 0 Å². The van der Waals surface area contributed by atoms with Crippen LogP contribution >= 0.6 is 0 Å². The minimum absolute atomic E-state index is 0.0965. The number of aromatic nitrogens is 2. The smallest absolute Gasteiger partial charge is 0.254 e. The van der Waals surface area contributed by atoms with Crippen LogP contribution in [0.2, 0.25) is 0 Å². The van der Waals surface area contributed by atoms with Crippen LogP contribution in [0.1, 0.15) is 56.2 Å². The first-order chi connectivity index (χ1) is 14.6. The largest absolute Gasteiger partial charge is 0.380 e. The minimum atomic E-state index is -1.17. The van der Waals surface area contributed by atoms with Crippen LogP contribution in [-0.2, 0) is 21.6 Å². The second-order valence-electron chi connectivity index (χ2n) is 8.91. The van der Waals surface area contributed by atoms with E-state index in [1.165, 1.54) is 0 Å². The van der Waals surface area contributed by atoms with Crippen molar-refractivity contribution >= 4 is 5.91 Å². The van der Waals surface area contributed by atoms with E-state index in [0.29, 0.717) is 51.2 Å². The number of amides is 1. The van der Waals surface area contributed by atoms with Crippen LogP contribution in [0.4, 0.5) is 0 Å². The maximum atomic E-state index is 13.0. The van der Waals surface area contributed by atoms with Crippen LogP contribution < -0.4 is 0 Å². The van der Waals surface area contributed by atoms with E-state index in [1.54, 1.807) is 0 Å². The van der Waals surface area contributed by atoms with Gasteiger partial charge in [-0.25, -0.2) is 9.97 Å². The van der Waals surface area contributed by atoms with Crippen molar-refractivity contribution in [2.24, 2.45) is 0 Å². The molecule has 1 spiro atoms. The quantitative estimate of drug-likeness (QED) is 0.827. The predicted octanol–water partition coefficient (Wildman–Crippen LogP) is 3.23. The number of rotatable bonds is 2. The molecule has 0 atom stereocenters. The fourth-order valence-corrected chi connectivity index (χ4v) is 5.23. The third-order valence-corrected chi connectivity index (χ3v) is 7.01. The van der Waals surface area contributed by atoms with E-state index >= 15 is 0 Å². The highest BCUT2D eigenvalue weighted by Gasteiger charge is 2.46. The van der Waals surface area contributed by atoms with Crippen molar-refractivity contribution in [3.63, 3.8) is 0 Å². The van der Waals surface area contributed by atoms with Crippen molar-refractivity contribution in [1.29, 1.82) is 0 Å². The summed E-state index contributed by atoms with van der Waals surface area (Å²) in [5.41, 5.74) is 1.48. The number of hydrogen-bond donors (Lipinski definition) is 1. The van der Waals surface area contributed by atoms with Gasteiger partial charge in [0.2, 0.25) is 0 Å². The van der Waals surface area contributed by atoms with E-state index in [-0.39, 0.29) is 5.91 Å². The number of carbonyl (C=O) groups excluding carboxylic acids is 1. The first-order valence-electron chi connectivity index (χ1n) is 11.2. The lowest BCUT2D eigenvalue weighted by atomic mass is 9.80. The second-order valence-corrected chi connectivity index (χ2v) is 8.91. The first-order valence-corrected chi connectivity index (χ1v) is 11.2. The minimum Gasteiger partial charge on any atom is -0.380 e. The third kappa shape index (κ3) is 3.42. The number of likely N-dealkylation sites (tertiary alicyclic amines) is 1. The van der Waals surface area contributed by atoms with E-state index in [4.69, 9.17) is 9.72 Å². The molecule has 6 nitrogen and oxygen atoms in total. The summed E-state index contributed by atoms with van der Waals surface area (Å²) in [6, 6.07) is 10.0. The van der Waals surface area contributed by atoms with Gasteiger partial charge in [0.05, 0.1) is 12.3 Å². The van der Waals surface area contributed by atoms with Crippen molar-refractivity contribution in [2.45, 2.75) is 62.6 Å². The zero-order chi connectivity index (χ0) is 20.6. The molecule has 1 aromatic carbocycles. The average molecular weight is 408 g/mol. The van der Waals surface area contributed by atoms with Gasteiger partial charge >= 0.3 is 0 Å². The Morgan fingerprint density at radius 2 is 1.77 bits per heavy atom. The van der Waals surface area contributed by atoms with Gasteiger partial charge in [0.15, 0.2) is 5.82 Å². The Balaban J connectivity index is 1.38. The number of hydrogen-bond acceptors (Lipinski definition) is 5. The summed E-state index contributed by atoms with van der Waals surface area (Å²) in [7, 11) is 0. The molecule has 0 unspecified atom stereocenters. The molecule has 1 aromatic heterocycles. The monoisotopic (exact) mass is 407 g/mol. The maximum absolute atomic E-state index is 13.0. The molecule has 0 bridgehead atoms. The molecule has 158 valence electrons. The van der Waals surface area contributed by atoms with Crippen LogP contribution in [0, 0.1) is 0 Å². The summed E-state index contributed by atoms with van der Waals surface area (Å²) < 4.78 is 6.33. The molecule has 6 heteroatoms. The SMILES string of the molecule is O=C(N1CCC2(CC1)OCCc1cnc(-c3ccccc3)nc12)C1(O)CCCCC1. The Bertz CT molecular complexity index is 917. The molecule has 5 rings (SSSR count). The number of piperidine rings is 1. The molecule has 3 heterocycles. The van der Waals surface area contributed by atoms with Crippen molar-refractivity contribution in [3.8, 4) is 11.4 Å². The molecule has 0 radical (unpaired) electrons. The fraction of sp³-hybridized carbons (Fsp3) is 0.542. The van der Waals surface area contributed by atoms with Crippen LogP contribution in [0.3, 0.4) is 0 Å². The van der Waals surface area contributed by atoms with Crippen molar-refractivity contribution in [2.75, 3.05) is 19.7 Å². The highest BCUT2D eigenvalue weighted by Crippen LogP contribution is 2.42. The summed E-state index contributed by atoms with van der Waals surface area (Å²) in [5.74, 6) is 0.620. The number of aliphatic hydroxyl groups is 1. The average Bonchev–Trinajstić information content (AvgIpc) is 2.80. The highest BCUT2D eigenvalue weighted by atomic mass is 16.5. The Morgan fingerprint density at radius 1 is 1.03 bits per heavy atom. The lowest BCUT2D eigenvalue weighted by Gasteiger charge is -2.46. The van der Waals surface area contributed by atoms with Crippen LogP contribution in [0.25, 0.3) is 11.4 Å². The molecule has 1 aliphatic carbocycles. The number of fused-ring (bicyclic) bond motifs is 2. The van der Waals surface area contributed by atoms with E-state index in [1.807, 2.05) is 41.4 Å². The Morgan fingerprint density at radius 3 is 2.50 bits per heavy atom. The lowest BCUT2D eigenvalue weighted by Crippen LogP contribution is -2.55. The van der Waals surface area contributed by atoms with Crippen molar-refractivity contribution in [3.05, 3.63) is 47.8 Å². The Kier molecular flexibility index (Phi) is 5.07. The van der Waals surface area contributed by atoms with E-state index in [0.717, 1.165) is 42.5 Å². The molecular formula is C24H29N3O3. The summed E-state index contributed by atoms with van der Waals surface area (Å²) in [6.07, 6.45) is 8.28. The Labute approximate surface area is 177 Å². The number of carbonyl (C=O) groups is 1. The third-order valence-electron chi connectivity index (χ3n) is 7.01. The van der Waals surface area contributed by atoms with Gasteiger partial charge in [-0.2, -0.15) is 0 Å². The van der Waals surface area contributed by atoms with Gasteiger partial charge in [-0.1, -0.05) is 49.6 Å². The summed E-state index contributed by atoms with van der Waals surface area (Å²) in [4.78, 5) is 24.4. The fourth-order valence-electron chi connectivity index (χ4n) is 5.23. The van der Waals surface area contributed by atoms with Crippen LogP contribution in [-0.4, -0.2) is 51.2 Å². The Hall–Kier alpha value is -2.31. The highest BCUT2D eigenvalue weighted by molar-refractivity contribution is 5.85. The van der Waals surface area contributed by atoms with Gasteiger partial charge in [0, 0.05) is 24.8 Å². The zero-order valence-electron chi connectivity index (χ0n) is 17.3. The predicted molar refractivity (Wildman–Crippen MR) is 113 cm³/mol. The van der Waals surface area contributed by atoms with Crippen molar-refractivity contribution < 1.29 is 14.6 Å². The lowest BCUT2D eigenvalue weighted by molar-refractivity contribution is -0.162. The molecule has 2 aliphatic heterocycles. The molecular weight excluding hydrogens is 378 g/mol. The van der Waals surface area contributed by atoms with Gasteiger partial charge in [-0.3, -0.25) is 4.79 Å². The van der Waals surface area contributed by atoms with Crippen molar-refractivity contribution in [1.82, 2.24) is 14.9 Å². The standard InChI is InChI=1S/C24H29N3O3/c28-22(23(29)10-5-2-6-11-23)27-14-12-24(13-15-27)20-19(9-16-30-24)17-25-21(26-20)18-7-3-1-4-8-18/h1,3-4,7-8,17,29H,2,5-6,9-16H2. The number of nitrogens with zero attached hydrogens (tertiary/aromatic N) is 3. The molecule has 30 heavy (non-hydrogen) atoms. The van der Waals surface area contributed by atoms with E-state index < -0.39 is 11.2 Å². The normalized spacial score (nSPS) is 22.5. The molecule has 1 saturated heterocycles. The van der Waals surface area contributed by atoms with Gasteiger partial charge in [0.25, 0.3) is 5.91 Å². The molecule has 1 saturated carbocycles. The van der Waals surface area contributed by atoms with E-state index in [2.05, 4.69) is 4.98 Å². The molecule has 1 N–H and O–H groups in total. The van der Waals surface area contributed by atoms with Crippen LogP contribution in [0.5, 0.6) is 0 Å². The molecule has 2 aromatic rings. The molecule has 3 aliphatic rings. The molecule has 1 amide bonds. The maximum Gasteiger partial charge on any atom is 0.254 e. The summed E-state index contributed by atoms with van der Waals surface area (Å²) in [5, 5.41) is 10.9. The summed E-state index contributed by atoms with van der Waals surface area (Å²) in [6.45, 7) is 1.83. The number of benzene rings is 1. The van der Waals surface area contributed by atoms with Gasteiger partial charge in [-0.05, 0) is 37.7 Å². The van der Waals surface area contributed by atoms with Gasteiger partial charge in [0.1, 0.15) is 11.2 Å². The van der Waals surface area contributed by atoms with Gasteiger partial charge < -0.3 is 14.7 Å². The zero-order valence-corrected chi connectivity index (χ0v) is 17.3. The molecule has 2 fully saturated rings. The van der Waals surface area contributed by atoms with Crippen LogP contribution in [0.15, 0.2) is 36.5 Å². The number of ether oxygens (including phenoxy) is 1. The summed E-state index contributed by atoms with van der Waals surface area (Å²) >= 11 is 0. The second kappa shape index (κ2) is 7.75. The topological polar surface area (TPSA) is 75.6 Å². The first kappa shape index (κ1) is 19.6.